The first-order valence-electron chi connectivity index (χ1n) is 8.08. The first-order chi connectivity index (χ1) is 10.3. The molecule has 1 aliphatic carbocycles. The molecule has 3 heteroatoms. The SMILES string of the molecule is CC(C)C(NC(c1cccs1)C1CCCC1)c1cccs1. The fourth-order valence-corrected chi connectivity index (χ4v) is 5.31. The minimum Gasteiger partial charge on any atom is -0.301 e. The molecule has 0 radical (unpaired) electrons. The third kappa shape index (κ3) is 3.58. The van der Waals surface area contributed by atoms with Gasteiger partial charge >= 0.3 is 0 Å². The number of hydrogen-bond donors (Lipinski definition) is 1. The van der Waals surface area contributed by atoms with E-state index in [-0.39, 0.29) is 0 Å². The molecule has 1 aliphatic rings. The van der Waals surface area contributed by atoms with Crippen LogP contribution in [0.25, 0.3) is 0 Å². The molecular formula is C18H25NS2. The Morgan fingerprint density at radius 2 is 1.62 bits per heavy atom. The van der Waals surface area contributed by atoms with Crippen molar-refractivity contribution in [1.82, 2.24) is 5.32 Å². The summed E-state index contributed by atoms with van der Waals surface area (Å²) in [6.45, 7) is 4.66. The molecule has 0 aliphatic heterocycles. The van der Waals surface area contributed by atoms with E-state index in [4.69, 9.17) is 0 Å². The molecule has 2 aromatic heterocycles. The molecule has 0 amide bonds. The highest BCUT2D eigenvalue weighted by atomic mass is 32.1. The zero-order chi connectivity index (χ0) is 14.7. The van der Waals surface area contributed by atoms with E-state index in [9.17, 15) is 0 Å². The fraction of sp³-hybridized carbons (Fsp3) is 0.556. The summed E-state index contributed by atoms with van der Waals surface area (Å²) in [5.74, 6) is 1.43. The topological polar surface area (TPSA) is 12.0 Å². The van der Waals surface area contributed by atoms with Gasteiger partial charge in [0.2, 0.25) is 0 Å². The average molecular weight is 320 g/mol. The van der Waals surface area contributed by atoms with E-state index >= 15 is 0 Å². The molecule has 1 nitrogen and oxygen atoms in total. The van der Waals surface area contributed by atoms with Crippen LogP contribution in [0.4, 0.5) is 0 Å². The Balaban J connectivity index is 1.82. The maximum Gasteiger partial charge on any atom is 0.0448 e. The summed E-state index contributed by atoms with van der Waals surface area (Å²) < 4.78 is 0. The Bertz CT molecular complexity index is 509. The Morgan fingerprint density at radius 3 is 2.14 bits per heavy atom. The van der Waals surface area contributed by atoms with Crippen molar-refractivity contribution in [3.63, 3.8) is 0 Å². The van der Waals surface area contributed by atoms with Crippen molar-refractivity contribution in [3.8, 4) is 0 Å². The van der Waals surface area contributed by atoms with Gasteiger partial charge in [0.25, 0.3) is 0 Å². The van der Waals surface area contributed by atoms with E-state index < -0.39 is 0 Å². The van der Waals surface area contributed by atoms with E-state index in [0.717, 1.165) is 5.92 Å². The second-order valence-corrected chi connectivity index (χ2v) is 8.40. The van der Waals surface area contributed by atoms with Crippen LogP contribution in [0.5, 0.6) is 0 Å². The van der Waals surface area contributed by atoms with Crippen LogP contribution in [0.2, 0.25) is 0 Å². The van der Waals surface area contributed by atoms with E-state index in [1.807, 2.05) is 22.7 Å². The predicted octanol–water partition coefficient (Wildman–Crippen LogP) is 6.03. The Hall–Kier alpha value is -0.640. The molecule has 114 valence electrons. The van der Waals surface area contributed by atoms with Crippen LogP contribution in [-0.2, 0) is 0 Å². The zero-order valence-electron chi connectivity index (χ0n) is 12.9. The van der Waals surface area contributed by atoms with Crippen LogP contribution >= 0.6 is 22.7 Å². The van der Waals surface area contributed by atoms with Gasteiger partial charge in [0.05, 0.1) is 0 Å². The standard InChI is InChI=1S/C18H25NS2/c1-13(2)17(15-9-5-11-20-15)19-18(14-7-3-4-8-14)16-10-6-12-21-16/h5-6,9-14,17-19H,3-4,7-8H2,1-2H3. The summed E-state index contributed by atoms with van der Waals surface area (Å²) in [6.07, 6.45) is 5.56. The predicted molar refractivity (Wildman–Crippen MR) is 94.1 cm³/mol. The van der Waals surface area contributed by atoms with Gasteiger partial charge in [-0.25, -0.2) is 0 Å². The summed E-state index contributed by atoms with van der Waals surface area (Å²) in [4.78, 5) is 2.99. The van der Waals surface area contributed by atoms with Crippen molar-refractivity contribution in [2.75, 3.05) is 0 Å². The molecule has 1 N–H and O–H groups in total. The molecule has 21 heavy (non-hydrogen) atoms. The van der Waals surface area contributed by atoms with E-state index in [2.05, 4.69) is 54.2 Å². The van der Waals surface area contributed by atoms with Crippen LogP contribution < -0.4 is 5.32 Å². The van der Waals surface area contributed by atoms with Crippen molar-refractivity contribution in [3.05, 3.63) is 44.8 Å². The lowest BCUT2D eigenvalue weighted by Crippen LogP contribution is -2.32. The van der Waals surface area contributed by atoms with Gasteiger partial charge in [-0.15, -0.1) is 22.7 Å². The van der Waals surface area contributed by atoms with Crippen molar-refractivity contribution in [1.29, 1.82) is 0 Å². The fourth-order valence-electron chi connectivity index (χ4n) is 3.47. The van der Waals surface area contributed by atoms with Crippen LogP contribution in [0.15, 0.2) is 35.0 Å². The number of rotatable bonds is 6. The van der Waals surface area contributed by atoms with Gasteiger partial charge in [-0.2, -0.15) is 0 Å². The second kappa shape index (κ2) is 7.08. The summed E-state index contributed by atoms with van der Waals surface area (Å²) in [6, 6.07) is 9.96. The third-order valence-corrected chi connectivity index (χ3v) is 6.51. The number of nitrogens with one attached hydrogen (secondary N) is 1. The summed E-state index contributed by atoms with van der Waals surface area (Å²) >= 11 is 3.79. The number of thiophene rings is 2. The van der Waals surface area contributed by atoms with E-state index in [0.29, 0.717) is 18.0 Å². The maximum atomic E-state index is 4.02. The van der Waals surface area contributed by atoms with Crippen LogP contribution in [-0.4, -0.2) is 0 Å². The van der Waals surface area contributed by atoms with Crippen LogP contribution in [0, 0.1) is 11.8 Å². The molecule has 0 saturated heterocycles. The van der Waals surface area contributed by atoms with Crippen molar-refractivity contribution >= 4 is 22.7 Å². The molecule has 1 saturated carbocycles. The molecule has 0 bridgehead atoms. The third-order valence-electron chi connectivity index (χ3n) is 4.60. The molecule has 0 aromatic carbocycles. The van der Waals surface area contributed by atoms with Gasteiger partial charge in [0.15, 0.2) is 0 Å². The van der Waals surface area contributed by atoms with Crippen molar-refractivity contribution < 1.29 is 0 Å². The lowest BCUT2D eigenvalue weighted by Gasteiger charge is -2.31. The highest BCUT2D eigenvalue weighted by molar-refractivity contribution is 7.10. The minimum atomic E-state index is 0.470. The van der Waals surface area contributed by atoms with E-state index in [1.54, 1.807) is 0 Å². The quantitative estimate of drug-likeness (QED) is 0.685. The van der Waals surface area contributed by atoms with Gasteiger partial charge in [-0.3, -0.25) is 0 Å². The summed E-state index contributed by atoms with van der Waals surface area (Å²) in [5, 5.41) is 8.43. The minimum absolute atomic E-state index is 0.470. The van der Waals surface area contributed by atoms with Gasteiger partial charge < -0.3 is 5.32 Å². The van der Waals surface area contributed by atoms with Crippen LogP contribution in [0.1, 0.15) is 61.4 Å². The first-order valence-corrected chi connectivity index (χ1v) is 9.84. The molecule has 3 rings (SSSR count). The second-order valence-electron chi connectivity index (χ2n) is 6.44. The van der Waals surface area contributed by atoms with Gasteiger partial charge in [0, 0.05) is 21.8 Å². The first kappa shape index (κ1) is 15.3. The lowest BCUT2D eigenvalue weighted by atomic mass is 9.93. The Morgan fingerprint density at radius 1 is 1.00 bits per heavy atom. The summed E-state index contributed by atoms with van der Waals surface area (Å²) in [7, 11) is 0. The van der Waals surface area contributed by atoms with E-state index in [1.165, 1.54) is 35.4 Å². The van der Waals surface area contributed by atoms with Gasteiger partial charge in [0.1, 0.15) is 0 Å². The van der Waals surface area contributed by atoms with Gasteiger partial charge in [-0.05, 0) is 47.6 Å². The maximum absolute atomic E-state index is 4.02. The largest absolute Gasteiger partial charge is 0.301 e. The normalized spacial score (nSPS) is 19.2. The monoisotopic (exact) mass is 319 g/mol. The van der Waals surface area contributed by atoms with Crippen LogP contribution in [0.3, 0.4) is 0 Å². The zero-order valence-corrected chi connectivity index (χ0v) is 14.6. The highest BCUT2D eigenvalue weighted by Gasteiger charge is 2.30. The van der Waals surface area contributed by atoms with Crippen molar-refractivity contribution in [2.45, 2.75) is 51.6 Å². The molecule has 2 unspecified atom stereocenters. The Kier molecular flexibility index (Phi) is 5.15. The molecule has 1 fully saturated rings. The molecular weight excluding hydrogens is 294 g/mol. The molecule has 2 aromatic rings. The smallest absolute Gasteiger partial charge is 0.0448 e. The average Bonchev–Trinajstić information content (AvgIpc) is 3.23. The molecule has 2 atom stereocenters. The number of hydrogen-bond acceptors (Lipinski definition) is 3. The molecule has 2 heterocycles. The Labute approximate surface area is 136 Å². The highest BCUT2D eigenvalue weighted by Crippen LogP contribution is 2.40. The van der Waals surface area contributed by atoms with Gasteiger partial charge in [-0.1, -0.05) is 38.8 Å². The van der Waals surface area contributed by atoms with Crippen molar-refractivity contribution in [2.24, 2.45) is 11.8 Å². The lowest BCUT2D eigenvalue weighted by molar-refractivity contribution is 0.298. The molecule has 0 spiro atoms. The summed E-state index contributed by atoms with van der Waals surface area (Å²) in [5.41, 5.74) is 0.